The normalized spacial score (nSPS) is 20.3. The second kappa shape index (κ2) is 3.92. The second-order valence-electron chi connectivity index (χ2n) is 4.02. The van der Waals surface area contributed by atoms with Gasteiger partial charge in [-0.25, -0.2) is 0 Å². The molecule has 0 spiro atoms. The molecule has 1 atom stereocenters. The highest BCUT2D eigenvalue weighted by Gasteiger charge is 2.22. The molecular formula is C12H14N2O. The number of aliphatic hydroxyl groups is 1. The minimum absolute atomic E-state index is 0.252. The summed E-state index contributed by atoms with van der Waals surface area (Å²) in [6.07, 6.45) is 0.538. The third-order valence-electron chi connectivity index (χ3n) is 2.78. The summed E-state index contributed by atoms with van der Waals surface area (Å²) in [6.45, 7) is 3.44. The Morgan fingerprint density at radius 2 is 2.33 bits per heavy atom. The average molecular weight is 202 g/mol. The van der Waals surface area contributed by atoms with Gasteiger partial charge in [0.2, 0.25) is 0 Å². The maximum absolute atomic E-state index is 9.45. The lowest BCUT2D eigenvalue weighted by Gasteiger charge is -2.19. The van der Waals surface area contributed by atoms with Gasteiger partial charge in [0.15, 0.2) is 0 Å². The van der Waals surface area contributed by atoms with Crippen molar-refractivity contribution in [2.45, 2.75) is 19.4 Å². The molecule has 1 heterocycles. The molecule has 1 aromatic carbocycles. The van der Waals surface area contributed by atoms with E-state index in [0.717, 1.165) is 24.2 Å². The van der Waals surface area contributed by atoms with Gasteiger partial charge in [-0.05, 0) is 31.0 Å². The van der Waals surface area contributed by atoms with Crippen molar-refractivity contribution in [1.29, 1.82) is 5.26 Å². The van der Waals surface area contributed by atoms with Crippen molar-refractivity contribution >= 4 is 5.69 Å². The van der Waals surface area contributed by atoms with Crippen molar-refractivity contribution < 1.29 is 5.11 Å². The molecule has 1 fully saturated rings. The van der Waals surface area contributed by atoms with Crippen LogP contribution in [0.4, 0.5) is 5.69 Å². The van der Waals surface area contributed by atoms with Crippen LogP contribution in [0.2, 0.25) is 0 Å². The lowest BCUT2D eigenvalue weighted by atomic mass is 10.1. The van der Waals surface area contributed by atoms with Crippen LogP contribution in [0.25, 0.3) is 0 Å². The van der Waals surface area contributed by atoms with Crippen molar-refractivity contribution in [1.82, 2.24) is 0 Å². The van der Waals surface area contributed by atoms with Gasteiger partial charge in [-0.15, -0.1) is 0 Å². The molecular weight excluding hydrogens is 188 g/mol. The molecule has 78 valence electrons. The van der Waals surface area contributed by atoms with Crippen LogP contribution in [0.5, 0.6) is 0 Å². The van der Waals surface area contributed by atoms with E-state index in [1.807, 2.05) is 25.1 Å². The molecule has 0 amide bonds. The Bertz CT molecular complexity index is 409. The first-order chi connectivity index (χ1) is 7.20. The minimum atomic E-state index is -0.252. The molecule has 0 radical (unpaired) electrons. The van der Waals surface area contributed by atoms with E-state index in [0.29, 0.717) is 12.1 Å². The summed E-state index contributed by atoms with van der Waals surface area (Å²) >= 11 is 0. The summed E-state index contributed by atoms with van der Waals surface area (Å²) in [6, 6.07) is 8.06. The van der Waals surface area contributed by atoms with Gasteiger partial charge < -0.3 is 10.0 Å². The first-order valence-electron chi connectivity index (χ1n) is 5.14. The van der Waals surface area contributed by atoms with Gasteiger partial charge in [0.1, 0.15) is 6.07 Å². The zero-order valence-electron chi connectivity index (χ0n) is 8.77. The monoisotopic (exact) mass is 202 g/mol. The largest absolute Gasteiger partial charge is 0.391 e. The van der Waals surface area contributed by atoms with Crippen LogP contribution in [-0.4, -0.2) is 24.3 Å². The molecule has 0 bridgehead atoms. The maximum atomic E-state index is 9.45. The number of β-amino-alcohol motifs (C(OH)–C–C–N with tert-alkyl or cyclic N) is 1. The first kappa shape index (κ1) is 10.0. The van der Waals surface area contributed by atoms with E-state index >= 15 is 0 Å². The molecule has 3 heteroatoms. The number of hydrogen-bond acceptors (Lipinski definition) is 3. The minimum Gasteiger partial charge on any atom is -0.391 e. The molecule has 0 aromatic heterocycles. The molecule has 1 aromatic rings. The SMILES string of the molecule is Cc1ccc(N2CCC(O)C2)c(C#N)c1. The van der Waals surface area contributed by atoms with Gasteiger partial charge >= 0.3 is 0 Å². The lowest BCUT2D eigenvalue weighted by molar-refractivity contribution is 0.198. The van der Waals surface area contributed by atoms with E-state index in [1.165, 1.54) is 0 Å². The van der Waals surface area contributed by atoms with Crippen LogP contribution in [0.1, 0.15) is 17.5 Å². The molecule has 0 saturated carbocycles. The van der Waals surface area contributed by atoms with Crippen molar-refractivity contribution in [2.75, 3.05) is 18.0 Å². The number of nitrogens with zero attached hydrogens (tertiary/aromatic N) is 2. The fourth-order valence-corrected chi connectivity index (χ4v) is 1.98. The van der Waals surface area contributed by atoms with Gasteiger partial charge in [-0.3, -0.25) is 0 Å². The van der Waals surface area contributed by atoms with Crippen LogP contribution in [-0.2, 0) is 0 Å². The van der Waals surface area contributed by atoms with Gasteiger partial charge in [0, 0.05) is 13.1 Å². The van der Waals surface area contributed by atoms with Crippen LogP contribution < -0.4 is 4.90 Å². The lowest BCUT2D eigenvalue weighted by Crippen LogP contribution is -2.22. The third kappa shape index (κ3) is 1.95. The van der Waals surface area contributed by atoms with E-state index in [1.54, 1.807) is 0 Å². The Balaban J connectivity index is 2.32. The van der Waals surface area contributed by atoms with Crippen molar-refractivity contribution in [3.63, 3.8) is 0 Å². The van der Waals surface area contributed by atoms with E-state index in [2.05, 4.69) is 11.0 Å². The van der Waals surface area contributed by atoms with Crippen LogP contribution in [0.3, 0.4) is 0 Å². The Hall–Kier alpha value is -1.53. The highest BCUT2D eigenvalue weighted by Crippen LogP contribution is 2.25. The summed E-state index contributed by atoms with van der Waals surface area (Å²) in [5.74, 6) is 0. The van der Waals surface area contributed by atoms with E-state index in [4.69, 9.17) is 5.26 Å². The molecule has 1 N–H and O–H groups in total. The average Bonchev–Trinajstić information content (AvgIpc) is 2.64. The maximum Gasteiger partial charge on any atom is 0.101 e. The standard InChI is InChI=1S/C12H14N2O/c1-9-2-3-12(10(6-9)7-13)14-5-4-11(15)8-14/h2-3,6,11,15H,4-5,8H2,1H3. The fraction of sp³-hybridized carbons (Fsp3) is 0.417. The third-order valence-corrected chi connectivity index (χ3v) is 2.78. The second-order valence-corrected chi connectivity index (χ2v) is 4.02. The zero-order valence-corrected chi connectivity index (χ0v) is 8.77. The highest BCUT2D eigenvalue weighted by atomic mass is 16.3. The molecule has 2 rings (SSSR count). The Morgan fingerprint density at radius 3 is 2.93 bits per heavy atom. The van der Waals surface area contributed by atoms with Gasteiger partial charge in [-0.1, -0.05) is 6.07 Å². The number of aliphatic hydroxyl groups excluding tert-OH is 1. The molecule has 0 aliphatic carbocycles. The smallest absolute Gasteiger partial charge is 0.101 e. The summed E-state index contributed by atoms with van der Waals surface area (Å²) in [5.41, 5.74) is 2.73. The quantitative estimate of drug-likeness (QED) is 0.749. The number of nitriles is 1. The van der Waals surface area contributed by atoms with Crippen LogP contribution in [0.15, 0.2) is 18.2 Å². The van der Waals surface area contributed by atoms with E-state index < -0.39 is 0 Å². The van der Waals surface area contributed by atoms with Crippen LogP contribution >= 0.6 is 0 Å². The molecule has 1 aliphatic rings. The molecule has 15 heavy (non-hydrogen) atoms. The predicted octanol–water partition coefficient (Wildman–Crippen LogP) is 1.44. The number of anilines is 1. The fourth-order valence-electron chi connectivity index (χ4n) is 1.98. The Kier molecular flexibility index (Phi) is 2.61. The number of hydrogen-bond donors (Lipinski definition) is 1. The van der Waals surface area contributed by atoms with E-state index in [-0.39, 0.29) is 6.10 Å². The van der Waals surface area contributed by atoms with Gasteiger partial charge in [0.05, 0.1) is 17.4 Å². The van der Waals surface area contributed by atoms with E-state index in [9.17, 15) is 5.11 Å². The van der Waals surface area contributed by atoms with Crippen molar-refractivity contribution in [2.24, 2.45) is 0 Å². The predicted molar refractivity (Wildman–Crippen MR) is 58.7 cm³/mol. The summed E-state index contributed by atoms with van der Waals surface area (Å²) < 4.78 is 0. The molecule has 3 nitrogen and oxygen atoms in total. The number of aryl methyl sites for hydroxylation is 1. The molecule has 1 aliphatic heterocycles. The van der Waals surface area contributed by atoms with Crippen molar-refractivity contribution in [3.8, 4) is 6.07 Å². The van der Waals surface area contributed by atoms with Gasteiger partial charge in [-0.2, -0.15) is 5.26 Å². The topological polar surface area (TPSA) is 47.3 Å². The molecule has 1 unspecified atom stereocenters. The summed E-state index contributed by atoms with van der Waals surface area (Å²) in [5, 5.41) is 18.5. The number of benzene rings is 1. The Morgan fingerprint density at radius 1 is 1.53 bits per heavy atom. The van der Waals surface area contributed by atoms with Gasteiger partial charge in [0.25, 0.3) is 0 Å². The summed E-state index contributed by atoms with van der Waals surface area (Å²) in [4.78, 5) is 2.07. The zero-order chi connectivity index (χ0) is 10.8. The highest BCUT2D eigenvalue weighted by molar-refractivity contribution is 5.61. The first-order valence-corrected chi connectivity index (χ1v) is 5.14. The number of rotatable bonds is 1. The Labute approximate surface area is 89.6 Å². The van der Waals surface area contributed by atoms with Crippen molar-refractivity contribution in [3.05, 3.63) is 29.3 Å². The summed E-state index contributed by atoms with van der Waals surface area (Å²) in [7, 11) is 0. The molecule has 1 saturated heterocycles. The van der Waals surface area contributed by atoms with Crippen LogP contribution in [0, 0.1) is 18.3 Å².